The predicted molar refractivity (Wildman–Crippen MR) is 104 cm³/mol. The summed E-state index contributed by atoms with van der Waals surface area (Å²) in [5.74, 6) is 0.172. The average molecular weight is 690 g/mol. The van der Waals surface area contributed by atoms with E-state index in [0.29, 0.717) is 0 Å². The molecular formula is C21H16F18O5. The fourth-order valence-corrected chi connectivity index (χ4v) is 3.73. The topological polar surface area (TPSA) is 46.2 Å². The zero-order valence-corrected chi connectivity index (χ0v) is 21.1. The number of alkyl halides is 18. The third-order valence-electron chi connectivity index (χ3n) is 6.05. The van der Waals surface area contributed by atoms with Crippen LogP contribution >= 0.6 is 0 Å². The number of hydrogen-bond acceptors (Lipinski definition) is 5. The highest BCUT2D eigenvalue weighted by atomic mass is 19.4. The smallest absolute Gasteiger partial charge is 0.435 e. The van der Waals surface area contributed by atoms with E-state index in [0.717, 1.165) is 12.1 Å². The van der Waals surface area contributed by atoms with Gasteiger partial charge in [-0.1, -0.05) is 12.1 Å². The summed E-state index contributed by atoms with van der Waals surface area (Å²) in [7, 11) is 1.20. The van der Waals surface area contributed by atoms with Gasteiger partial charge < -0.3 is 23.7 Å². The maximum Gasteiger partial charge on any atom is 0.435 e. The van der Waals surface area contributed by atoms with Crippen LogP contribution in [-0.2, 0) is 18.9 Å². The van der Waals surface area contributed by atoms with Crippen molar-refractivity contribution in [2.24, 2.45) is 5.41 Å². The van der Waals surface area contributed by atoms with E-state index in [2.05, 4.69) is 9.47 Å². The van der Waals surface area contributed by atoms with E-state index in [1.54, 1.807) is 0 Å². The highest BCUT2D eigenvalue weighted by molar-refractivity contribution is 5.28. The maximum absolute atomic E-state index is 13.3. The van der Waals surface area contributed by atoms with E-state index < -0.39 is 86.4 Å². The molecule has 1 aromatic carbocycles. The van der Waals surface area contributed by atoms with Crippen LogP contribution in [0.3, 0.4) is 0 Å². The molecule has 1 aliphatic heterocycles. The molecule has 44 heavy (non-hydrogen) atoms. The molecule has 1 fully saturated rings. The quantitative estimate of drug-likeness (QED) is 0.263. The predicted octanol–water partition coefficient (Wildman–Crippen LogP) is 7.61. The van der Waals surface area contributed by atoms with Gasteiger partial charge in [0.1, 0.15) is 5.75 Å². The second-order valence-corrected chi connectivity index (χ2v) is 9.15. The Morgan fingerprint density at radius 1 is 0.568 bits per heavy atom. The van der Waals surface area contributed by atoms with Crippen molar-refractivity contribution < 1.29 is 103 Å². The largest absolute Gasteiger partial charge is 0.497 e. The molecule has 0 radical (unpaired) electrons. The van der Waals surface area contributed by atoms with Crippen LogP contribution in [0.5, 0.6) is 5.75 Å². The van der Waals surface area contributed by atoms with E-state index in [4.69, 9.17) is 14.2 Å². The number of benzene rings is 1. The molecule has 0 bridgehead atoms. The second kappa shape index (κ2) is 11.8. The highest BCUT2D eigenvalue weighted by Gasteiger charge is 2.87. The molecule has 0 saturated carbocycles. The molecule has 0 spiro atoms. The fourth-order valence-electron chi connectivity index (χ4n) is 3.73. The molecule has 1 aromatic rings. The van der Waals surface area contributed by atoms with Gasteiger partial charge in [-0.05, 0) is 12.1 Å². The van der Waals surface area contributed by atoms with Gasteiger partial charge in [0.15, 0.2) is 6.29 Å². The third kappa shape index (κ3) is 6.73. The van der Waals surface area contributed by atoms with Crippen LogP contribution in [-0.4, -0.2) is 81.8 Å². The Morgan fingerprint density at radius 3 is 1.11 bits per heavy atom. The molecule has 1 aliphatic rings. The lowest BCUT2D eigenvalue weighted by Gasteiger charge is -2.45. The van der Waals surface area contributed by atoms with Crippen molar-refractivity contribution in [3.8, 4) is 5.75 Å². The van der Waals surface area contributed by atoms with Gasteiger partial charge in [-0.3, -0.25) is 0 Å². The lowest BCUT2D eigenvalue weighted by molar-refractivity contribution is -0.470. The molecule has 0 amide bonds. The number of hydrogen-bond donors (Lipinski definition) is 0. The van der Waals surface area contributed by atoms with Crippen LogP contribution in [0.25, 0.3) is 0 Å². The van der Waals surface area contributed by atoms with Crippen molar-refractivity contribution in [1.29, 1.82) is 0 Å². The van der Waals surface area contributed by atoms with E-state index in [1.807, 2.05) is 0 Å². The second-order valence-electron chi connectivity index (χ2n) is 9.15. The molecule has 1 saturated heterocycles. The Labute approximate surface area is 232 Å². The first kappa shape index (κ1) is 37.8. The molecule has 0 unspecified atom stereocenters. The van der Waals surface area contributed by atoms with E-state index in [9.17, 15) is 79.0 Å². The summed E-state index contributed by atoms with van der Waals surface area (Å²) < 4.78 is 261. The Bertz CT molecular complexity index is 962. The number of rotatable bonds is 8. The highest BCUT2D eigenvalue weighted by Crippen LogP contribution is 2.57. The van der Waals surface area contributed by atoms with Gasteiger partial charge in [-0.15, -0.1) is 0 Å². The molecule has 1 heterocycles. The summed E-state index contributed by atoms with van der Waals surface area (Å²) in [6.45, 7) is -9.08. The van der Waals surface area contributed by atoms with Crippen molar-refractivity contribution in [3.05, 3.63) is 29.8 Å². The minimum atomic E-state index is -7.43. The van der Waals surface area contributed by atoms with Crippen LogP contribution < -0.4 is 4.74 Å². The van der Waals surface area contributed by atoms with E-state index in [-0.39, 0.29) is 11.3 Å². The monoisotopic (exact) mass is 690 g/mol. The SMILES string of the molecule is COc1ccc(C2OCC(COC(C(F)(F)F)(C(F)(F)F)C(F)(F)F)(COC(C(F)(F)F)(C(F)(F)F)C(F)(F)F)CO2)cc1. The minimum absolute atomic E-state index is 0.105. The van der Waals surface area contributed by atoms with Crippen molar-refractivity contribution >= 4 is 0 Å². The van der Waals surface area contributed by atoms with Gasteiger partial charge in [0.2, 0.25) is 0 Å². The minimum Gasteiger partial charge on any atom is -0.497 e. The van der Waals surface area contributed by atoms with Crippen molar-refractivity contribution in [2.75, 3.05) is 33.5 Å². The summed E-state index contributed by atoms with van der Waals surface area (Å²) in [5.41, 5.74) is -17.9. The summed E-state index contributed by atoms with van der Waals surface area (Å²) in [4.78, 5) is 0. The van der Waals surface area contributed by atoms with Crippen molar-refractivity contribution in [1.82, 2.24) is 0 Å². The molecule has 0 atom stereocenters. The Kier molecular flexibility index (Phi) is 10.1. The Hall–Kier alpha value is -2.40. The molecule has 2 rings (SSSR count). The molecule has 5 nitrogen and oxygen atoms in total. The van der Waals surface area contributed by atoms with Crippen LogP contribution in [0, 0.1) is 5.41 Å². The van der Waals surface area contributed by atoms with Gasteiger partial charge in [0.25, 0.3) is 0 Å². The molecule has 23 heteroatoms. The average Bonchev–Trinajstić information content (AvgIpc) is 2.80. The van der Waals surface area contributed by atoms with Crippen LogP contribution in [0.2, 0.25) is 0 Å². The number of methoxy groups -OCH3 is 1. The van der Waals surface area contributed by atoms with Crippen molar-refractivity contribution in [3.63, 3.8) is 0 Å². The first-order valence-corrected chi connectivity index (χ1v) is 11.1. The summed E-state index contributed by atoms with van der Waals surface area (Å²) >= 11 is 0. The normalized spacial score (nSPS) is 18.4. The zero-order chi connectivity index (χ0) is 34.4. The lowest BCUT2D eigenvalue weighted by atomic mass is 9.89. The van der Waals surface area contributed by atoms with E-state index in [1.165, 1.54) is 19.2 Å². The van der Waals surface area contributed by atoms with Crippen LogP contribution in [0.4, 0.5) is 79.0 Å². The van der Waals surface area contributed by atoms with Crippen LogP contribution in [0.15, 0.2) is 24.3 Å². The standard InChI is InChI=1S/C21H16F18O5/c1-40-11-4-2-10(3-5-11)12-41-6-13(7-42-12,8-43-14(16(22,23)24,17(25,26)27)18(28,29)30)9-44-15(19(31,32)33,20(34,35)36)21(37,38)39/h2-5,12H,6-9H2,1H3. The zero-order valence-electron chi connectivity index (χ0n) is 21.1. The Balaban J connectivity index is 2.62. The van der Waals surface area contributed by atoms with Gasteiger partial charge >= 0.3 is 48.3 Å². The molecule has 0 aromatic heterocycles. The van der Waals surface area contributed by atoms with Gasteiger partial charge in [0, 0.05) is 5.56 Å². The van der Waals surface area contributed by atoms with Gasteiger partial charge in [-0.25, -0.2) is 0 Å². The molecule has 0 N–H and O–H groups in total. The summed E-state index contributed by atoms with van der Waals surface area (Å²) in [6, 6.07) is 4.64. The molecular weight excluding hydrogens is 674 g/mol. The lowest BCUT2D eigenvalue weighted by Crippen LogP contribution is -2.70. The fraction of sp³-hybridized carbons (Fsp3) is 0.714. The van der Waals surface area contributed by atoms with Gasteiger partial charge in [-0.2, -0.15) is 79.0 Å². The first-order valence-electron chi connectivity index (χ1n) is 11.1. The van der Waals surface area contributed by atoms with Crippen LogP contribution in [0.1, 0.15) is 11.9 Å². The summed E-state index contributed by atoms with van der Waals surface area (Å²) in [6.07, 6.45) is -46.4. The maximum atomic E-state index is 13.3. The summed E-state index contributed by atoms with van der Waals surface area (Å²) in [5, 5.41) is 0. The van der Waals surface area contributed by atoms with E-state index >= 15 is 0 Å². The van der Waals surface area contributed by atoms with Gasteiger partial charge in [0.05, 0.1) is 39.0 Å². The third-order valence-corrected chi connectivity index (χ3v) is 6.05. The molecule has 256 valence electrons. The number of ether oxygens (including phenoxy) is 5. The van der Waals surface area contributed by atoms with Crippen molar-refractivity contribution in [2.45, 2.75) is 54.5 Å². The number of halogens is 18. The first-order chi connectivity index (χ1) is 19.5. The Morgan fingerprint density at radius 2 is 0.864 bits per heavy atom. The molecule has 0 aliphatic carbocycles.